The van der Waals surface area contributed by atoms with Crippen LogP contribution < -0.4 is 0 Å². The van der Waals surface area contributed by atoms with Gasteiger partial charge in [0.2, 0.25) is 0 Å². The van der Waals surface area contributed by atoms with E-state index in [1.54, 1.807) is 0 Å². The van der Waals surface area contributed by atoms with Gasteiger partial charge in [-0.15, -0.1) is 0 Å². The van der Waals surface area contributed by atoms with Crippen molar-refractivity contribution in [2.24, 2.45) is 0 Å². The summed E-state index contributed by atoms with van der Waals surface area (Å²) in [6.07, 6.45) is 4.28. The van der Waals surface area contributed by atoms with Gasteiger partial charge < -0.3 is 14.9 Å². The van der Waals surface area contributed by atoms with Crippen LogP contribution in [0.3, 0.4) is 0 Å². The maximum Gasteiger partial charge on any atom is 0.503 e. The van der Waals surface area contributed by atoms with Crippen molar-refractivity contribution in [1.82, 2.24) is 0 Å². The Hall–Kier alpha value is -1.26. The lowest BCUT2D eigenvalue weighted by atomic mass is 9.98. The van der Waals surface area contributed by atoms with Crippen molar-refractivity contribution in [2.45, 2.75) is 45.1 Å². The number of hydrogen-bond acceptors (Lipinski definition) is 3. The second-order valence-electron chi connectivity index (χ2n) is 3.15. The zero-order valence-electron chi connectivity index (χ0n) is 8.23. The molecule has 0 spiro atoms. The summed E-state index contributed by atoms with van der Waals surface area (Å²) < 4.78 is 5.05. The molecule has 82 valence electrons. The van der Waals surface area contributed by atoms with Gasteiger partial charge in [-0.05, 0) is 25.7 Å². The Labute approximate surface area is 82.7 Å². The highest BCUT2D eigenvalue weighted by molar-refractivity contribution is 5.66. The first-order valence-corrected chi connectivity index (χ1v) is 4.61. The SMILES string of the molecule is CC(=O)OC1CCCCC1.O=C(O)O. The number of ether oxygens (including phenoxy) is 1. The van der Waals surface area contributed by atoms with E-state index in [9.17, 15) is 4.79 Å². The molecule has 0 saturated heterocycles. The first-order chi connectivity index (χ1) is 6.52. The third-order valence-electron chi connectivity index (χ3n) is 1.88. The van der Waals surface area contributed by atoms with E-state index in [1.807, 2.05) is 0 Å². The Morgan fingerprint density at radius 1 is 1.14 bits per heavy atom. The summed E-state index contributed by atoms with van der Waals surface area (Å²) in [6.45, 7) is 1.48. The Kier molecular flexibility index (Phi) is 6.53. The Balaban J connectivity index is 0.000000364. The Bertz CT molecular complexity index is 180. The molecule has 0 atom stereocenters. The molecule has 1 aliphatic rings. The van der Waals surface area contributed by atoms with E-state index in [1.165, 1.54) is 26.2 Å². The van der Waals surface area contributed by atoms with Gasteiger partial charge in [-0.2, -0.15) is 0 Å². The van der Waals surface area contributed by atoms with Crippen LogP contribution in [-0.4, -0.2) is 28.4 Å². The lowest BCUT2D eigenvalue weighted by Gasteiger charge is -2.20. The summed E-state index contributed by atoms with van der Waals surface area (Å²) in [5, 5.41) is 13.9. The number of carbonyl (C=O) groups excluding carboxylic acids is 1. The van der Waals surface area contributed by atoms with E-state index in [0.29, 0.717) is 0 Å². The molecule has 1 aliphatic carbocycles. The molecule has 0 heterocycles. The molecule has 14 heavy (non-hydrogen) atoms. The molecular weight excluding hydrogens is 188 g/mol. The average molecular weight is 204 g/mol. The molecular formula is C9H16O5. The number of carbonyl (C=O) groups is 2. The topological polar surface area (TPSA) is 83.8 Å². The summed E-state index contributed by atoms with van der Waals surface area (Å²) in [6, 6.07) is 0. The molecule has 0 aliphatic heterocycles. The maximum atomic E-state index is 10.5. The predicted molar refractivity (Wildman–Crippen MR) is 49.3 cm³/mol. The first-order valence-electron chi connectivity index (χ1n) is 4.61. The fourth-order valence-electron chi connectivity index (χ4n) is 1.42. The molecule has 0 aromatic carbocycles. The summed E-state index contributed by atoms with van der Waals surface area (Å²) in [5.74, 6) is -0.132. The van der Waals surface area contributed by atoms with Crippen LogP contribution in [-0.2, 0) is 9.53 Å². The first kappa shape index (κ1) is 12.7. The van der Waals surface area contributed by atoms with Gasteiger partial charge in [-0.25, -0.2) is 4.79 Å². The van der Waals surface area contributed by atoms with Crippen LogP contribution in [0, 0.1) is 0 Å². The lowest BCUT2D eigenvalue weighted by Crippen LogP contribution is -2.18. The minimum Gasteiger partial charge on any atom is -0.463 e. The molecule has 5 nitrogen and oxygen atoms in total. The number of rotatable bonds is 1. The van der Waals surface area contributed by atoms with Crippen LogP contribution in [0.2, 0.25) is 0 Å². The van der Waals surface area contributed by atoms with E-state index in [0.717, 1.165) is 12.8 Å². The average Bonchev–Trinajstić information content (AvgIpc) is 2.03. The smallest absolute Gasteiger partial charge is 0.463 e. The number of hydrogen-bond donors (Lipinski definition) is 2. The van der Waals surface area contributed by atoms with E-state index in [-0.39, 0.29) is 12.1 Å². The van der Waals surface area contributed by atoms with Crippen molar-refractivity contribution < 1.29 is 24.5 Å². The molecule has 0 radical (unpaired) electrons. The summed E-state index contributed by atoms with van der Waals surface area (Å²) >= 11 is 0. The largest absolute Gasteiger partial charge is 0.503 e. The molecule has 0 aromatic rings. The van der Waals surface area contributed by atoms with Crippen LogP contribution in [0.5, 0.6) is 0 Å². The molecule has 0 aromatic heterocycles. The minimum atomic E-state index is -1.83. The van der Waals surface area contributed by atoms with Crippen molar-refractivity contribution in [3.05, 3.63) is 0 Å². The van der Waals surface area contributed by atoms with Gasteiger partial charge in [0, 0.05) is 6.92 Å². The second kappa shape index (κ2) is 7.17. The third kappa shape index (κ3) is 8.83. The van der Waals surface area contributed by atoms with Crippen molar-refractivity contribution in [3.63, 3.8) is 0 Å². The normalized spacial score (nSPS) is 16.4. The van der Waals surface area contributed by atoms with Crippen LogP contribution in [0.15, 0.2) is 0 Å². The van der Waals surface area contributed by atoms with Crippen molar-refractivity contribution >= 4 is 12.1 Å². The van der Waals surface area contributed by atoms with Crippen LogP contribution in [0.25, 0.3) is 0 Å². The van der Waals surface area contributed by atoms with Gasteiger partial charge in [-0.3, -0.25) is 4.79 Å². The molecule has 0 amide bonds. The monoisotopic (exact) mass is 204 g/mol. The number of carboxylic acid groups (broad SMARTS) is 2. The zero-order valence-corrected chi connectivity index (χ0v) is 8.23. The Morgan fingerprint density at radius 3 is 1.93 bits per heavy atom. The van der Waals surface area contributed by atoms with Gasteiger partial charge >= 0.3 is 12.1 Å². The molecule has 1 rings (SSSR count). The van der Waals surface area contributed by atoms with Gasteiger partial charge in [0.05, 0.1) is 0 Å². The molecule has 1 fully saturated rings. The number of esters is 1. The van der Waals surface area contributed by atoms with Gasteiger partial charge in [0.25, 0.3) is 0 Å². The standard InChI is InChI=1S/C8H14O2.CH2O3/c1-7(9)10-8-5-3-2-4-6-8;2-1(3)4/h8H,2-6H2,1H3;(H2,2,3,4). The molecule has 0 bridgehead atoms. The van der Waals surface area contributed by atoms with Crippen LogP contribution >= 0.6 is 0 Å². The highest BCUT2D eigenvalue weighted by Gasteiger charge is 2.14. The van der Waals surface area contributed by atoms with Crippen LogP contribution in [0.1, 0.15) is 39.0 Å². The molecule has 1 saturated carbocycles. The van der Waals surface area contributed by atoms with Crippen LogP contribution in [0.4, 0.5) is 4.79 Å². The highest BCUT2D eigenvalue weighted by Crippen LogP contribution is 2.19. The summed E-state index contributed by atoms with van der Waals surface area (Å²) in [7, 11) is 0. The molecule has 5 heteroatoms. The third-order valence-corrected chi connectivity index (χ3v) is 1.88. The maximum absolute atomic E-state index is 10.5. The quantitative estimate of drug-likeness (QED) is 0.639. The Morgan fingerprint density at radius 2 is 1.57 bits per heavy atom. The van der Waals surface area contributed by atoms with E-state index in [4.69, 9.17) is 19.7 Å². The summed E-state index contributed by atoms with van der Waals surface area (Å²) in [4.78, 5) is 19.0. The molecule has 2 N–H and O–H groups in total. The zero-order chi connectivity index (χ0) is 11.0. The van der Waals surface area contributed by atoms with Gasteiger partial charge in [0.15, 0.2) is 0 Å². The fourth-order valence-corrected chi connectivity index (χ4v) is 1.42. The van der Waals surface area contributed by atoms with E-state index >= 15 is 0 Å². The predicted octanol–water partition coefficient (Wildman–Crippen LogP) is 2.10. The lowest BCUT2D eigenvalue weighted by molar-refractivity contribution is -0.147. The van der Waals surface area contributed by atoms with E-state index in [2.05, 4.69) is 0 Å². The van der Waals surface area contributed by atoms with Gasteiger partial charge in [-0.1, -0.05) is 6.42 Å². The fraction of sp³-hybridized carbons (Fsp3) is 0.778. The highest BCUT2D eigenvalue weighted by atomic mass is 16.6. The summed E-state index contributed by atoms with van der Waals surface area (Å²) in [5.41, 5.74) is 0. The van der Waals surface area contributed by atoms with Crippen molar-refractivity contribution in [3.8, 4) is 0 Å². The van der Waals surface area contributed by atoms with Crippen molar-refractivity contribution in [1.29, 1.82) is 0 Å². The minimum absolute atomic E-state index is 0.132. The second-order valence-corrected chi connectivity index (χ2v) is 3.15. The van der Waals surface area contributed by atoms with E-state index < -0.39 is 6.16 Å². The van der Waals surface area contributed by atoms with Gasteiger partial charge in [0.1, 0.15) is 6.10 Å². The van der Waals surface area contributed by atoms with Crippen molar-refractivity contribution in [2.75, 3.05) is 0 Å². The molecule has 0 unspecified atom stereocenters.